The molecule has 2 rings (SSSR count). The Labute approximate surface area is 126 Å². The number of nitro groups is 1. The first-order valence-corrected chi connectivity index (χ1v) is 8.97. The quantitative estimate of drug-likeness (QED) is 0.658. The van der Waals surface area contributed by atoms with Crippen molar-refractivity contribution in [2.75, 3.05) is 18.1 Å². The number of rotatable bonds is 5. The van der Waals surface area contributed by atoms with Gasteiger partial charge in [0.05, 0.1) is 9.82 Å². The first kappa shape index (κ1) is 16.2. The lowest BCUT2D eigenvalue weighted by Crippen LogP contribution is -2.29. The third kappa shape index (κ3) is 3.72. The minimum Gasteiger partial charge on any atom is -0.258 e. The Morgan fingerprint density at radius 3 is 2.81 bits per heavy atom. The summed E-state index contributed by atoms with van der Waals surface area (Å²) in [6.45, 7) is 1.59. The fourth-order valence-corrected chi connectivity index (χ4v) is 4.57. The molecule has 21 heavy (non-hydrogen) atoms. The summed E-state index contributed by atoms with van der Waals surface area (Å²) in [4.78, 5) is 9.57. The van der Waals surface area contributed by atoms with Crippen LogP contribution in [0.1, 0.15) is 12.0 Å². The third-order valence-corrected chi connectivity index (χ3v) is 5.94. The van der Waals surface area contributed by atoms with Crippen LogP contribution >= 0.6 is 11.8 Å². The highest BCUT2D eigenvalue weighted by Gasteiger charge is 2.25. The SMILES string of the molecule is Cc1cc(S(=O)(=O)NCC2CCSC2)cc([N+](=O)[O-])c1F. The summed E-state index contributed by atoms with van der Waals surface area (Å²) >= 11 is 1.77. The van der Waals surface area contributed by atoms with E-state index in [1.165, 1.54) is 6.92 Å². The van der Waals surface area contributed by atoms with Gasteiger partial charge in [0.15, 0.2) is 0 Å². The van der Waals surface area contributed by atoms with Crippen molar-refractivity contribution in [2.45, 2.75) is 18.2 Å². The van der Waals surface area contributed by atoms with Crippen LogP contribution in [-0.4, -0.2) is 31.4 Å². The molecule has 1 aromatic rings. The topological polar surface area (TPSA) is 89.3 Å². The highest BCUT2D eigenvalue weighted by Crippen LogP contribution is 2.26. The molecule has 0 saturated carbocycles. The van der Waals surface area contributed by atoms with Crippen molar-refractivity contribution >= 4 is 27.5 Å². The third-order valence-electron chi connectivity index (χ3n) is 3.30. The maximum Gasteiger partial charge on any atom is 0.306 e. The van der Waals surface area contributed by atoms with E-state index < -0.39 is 26.5 Å². The lowest BCUT2D eigenvalue weighted by molar-refractivity contribution is -0.387. The number of sulfonamides is 1. The van der Waals surface area contributed by atoms with Gasteiger partial charge in [0.25, 0.3) is 0 Å². The number of hydrogen-bond acceptors (Lipinski definition) is 5. The van der Waals surface area contributed by atoms with E-state index in [2.05, 4.69) is 4.72 Å². The minimum absolute atomic E-state index is 0.0685. The van der Waals surface area contributed by atoms with E-state index in [1.807, 2.05) is 0 Å². The lowest BCUT2D eigenvalue weighted by Gasteiger charge is -2.11. The van der Waals surface area contributed by atoms with E-state index in [9.17, 15) is 22.9 Å². The number of halogens is 1. The summed E-state index contributed by atoms with van der Waals surface area (Å²) in [5.74, 6) is 1.16. The molecule has 1 unspecified atom stereocenters. The Balaban J connectivity index is 2.24. The van der Waals surface area contributed by atoms with Crippen molar-refractivity contribution in [3.8, 4) is 0 Å². The van der Waals surface area contributed by atoms with Crippen LogP contribution in [0.4, 0.5) is 10.1 Å². The molecule has 1 fully saturated rings. The zero-order valence-electron chi connectivity index (χ0n) is 11.3. The molecule has 1 heterocycles. The van der Waals surface area contributed by atoms with Crippen molar-refractivity contribution in [1.82, 2.24) is 4.72 Å². The zero-order chi connectivity index (χ0) is 15.6. The molecule has 116 valence electrons. The number of nitro benzene ring substituents is 1. The standard InChI is InChI=1S/C12H15FN2O4S2/c1-8-4-10(5-11(12(8)13)15(16)17)21(18,19)14-6-9-2-3-20-7-9/h4-5,9,14H,2-3,6-7H2,1H3. The number of nitrogens with one attached hydrogen (secondary N) is 1. The van der Waals surface area contributed by atoms with Gasteiger partial charge in [-0.3, -0.25) is 10.1 Å². The number of nitrogens with zero attached hydrogens (tertiary/aromatic N) is 1. The fourth-order valence-electron chi connectivity index (χ4n) is 2.06. The van der Waals surface area contributed by atoms with Crippen LogP contribution in [0.5, 0.6) is 0 Å². The van der Waals surface area contributed by atoms with Gasteiger partial charge in [-0.15, -0.1) is 0 Å². The number of aryl methyl sites for hydroxylation is 1. The fraction of sp³-hybridized carbons (Fsp3) is 0.500. The van der Waals surface area contributed by atoms with Crippen molar-refractivity contribution in [3.05, 3.63) is 33.6 Å². The van der Waals surface area contributed by atoms with Gasteiger partial charge in [0, 0.05) is 12.6 Å². The Morgan fingerprint density at radius 1 is 1.52 bits per heavy atom. The summed E-state index contributed by atoms with van der Waals surface area (Å²) in [7, 11) is -3.87. The van der Waals surface area contributed by atoms with Gasteiger partial charge in [-0.1, -0.05) is 0 Å². The molecular formula is C12H15FN2O4S2. The van der Waals surface area contributed by atoms with E-state index >= 15 is 0 Å². The molecule has 0 amide bonds. The van der Waals surface area contributed by atoms with Gasteiger partial charge in [-0.25, -0.2) is 13.1 Å². The van der Waals surface area contributed by atoms with Crippen LogP contribution in [0.25, 0.3) is 0 Å². The predicted molar refractivity (Wildman–Crippen MR) is 78.4 cm³/mol. The van der Waals surface area contributed by atoms with Crippen molar-refractivity contribution < 1.29 is 17.7 Å². The molecule has 1 atom stereocenters. The summed E-state index contributed by atoms with van der Waals surface area (Å²) in [5.41, 5.74) is -0.896. The van der Waals surface area contributed by atoms with E-state index in [0.717, 1.165) is 30.1 Å². The highest BCUT2D eigenvalue weighted by molar-refractivity contribution is 7.99. The molecule has 0 bridgehead atoms. The predicted octanol–water partition coefficient (Wildman–Crippen LogP) is 2.07. The largest absolute Gasteiger partial charge is 0.306 e. The second-order valence-corrected chi connectivity index (χ2v) is 7.83. The summed E-state index contributed by atoms with van der Waals surface area (Å²) in [6.07, 6.45) is 0.940. The Kier molecular flexibility index (Phi) is 4.84. The van der Waals surface area contributed by atoms with Crippen LogP contribution in [0, 0.1) is 28.8 Å². The molecule has 0 spiro atoms. The zero-order valence-corrected chi connectivity index (χ0v) is 13.0. The van der Waals surface area contributed by atoms with Crippen molar-refractivity contribution in [1.29, 1.82) is 0 Å². The van der Waals surface area contributed by atoms with Gasteiger partial charge in [0.1, 0.15) is 0 Å². The molecule has 0 radical (unpaired) electrons. The van der Waals surface area contributed by atoms with Gasteiger partial charge in [0.2, 0.25) is 15.8 Å². The Morgan fingerprint density at radius 2 is 2.24 bits per heavy atom. The van der Waals surface area contributed by atoms with E-state index in [4.69, 9.17) is 0 Å². The minimum atomic E-state index is -3.87. The molecular weight excluding hydrogens is 319 g/mol. The van der Waals surface area contributed by atoms with Crippen molar-refractivity contribution in [2.24, 2.45) is 5.92 Å². The summed E-state index contributed by atoms with van der Waals surface area (Å²) in [5, 5.41) is 10.8. The van der Waals surface area contributed by atoms with Crippen LogP contribution in [0.15, 0.2) is 17.0 Å². The molecule has 1 aliphatic rings. The Bertz CT molecular complexity index is 657. The van der Waals surface area contributed by atoms with E-state index in [0.29, 0.717) is 6.54 Å². The van der Waals surface area contributed by atoms with Gasteiger partial charge in [-0.05, 0) is 42.4 Å². The molecule has 6 nitrogen and oxygen atoms in total. The van der Waals surface area contributed by atoms with Crippen LogP contribution in [0.2, 0.25) is 0 Å². The van der Waals surface area contributed by atoms with Gasteiger partial charge >= 0.3 is 5.69 Å². The normalized spacial score (nSPS) is 18.9. The van der Waals surface area contributed by atoms with Crippen LogP contribution in [0.3, 0.4) is 0 Å². The number of thioether (sulfide) groups is 1. The van der Waals surface area contributed by atoms with E-state index in [-0.39, 0.29) is 16.4 Å². The molecule has 0 aliphatic carbocycles. The molecule has 1 N–H and O–H groups in total. The number of benzene rings is 1. The first-order chi connectivity index (χ1) is 9.81. The molecule has 1 aliphatic heterocycles. The molecule has 9 heteroatoms. The maximum atomic E-state index is 13.6. The monoisotopic (exact) mass is 334 g/mol. The molecule has 0 aromatic heterocycles. The smallest absolute Gasteiger partial charge is 0.258 e. The Hall–Kier alpha value is -1.19. The van der Waals surface area contributed by atoms with Crippen LogP contribution in [-0.2, 0) is 10.0 Å². The highest BCUT2D eigenvalue weighted by atomic mass is 32.2. The maximum absolute atomic E-state index is 13.6. The van der Waals surface area contributed by atoms with Crippen molar-refractivity contribution in [3.63, 3.8) is 0 Å². The molecule has 1 saturated heterocycles. The van der Waals surface area contributed by atoms with E-state index in [1.54, 1.807) is 11.8 Å². The lowest BCUT2D eigenvalue weighted by atomic mass is 10.1. The average molecular weight is 334 g/mol. The van der Waals surface area contributed by atoms with Gasteiger partial charge in [-0.2, -0.15) is 16.2 Å². The first-order valence-electron chi connectivity index (χ1n) is 6.33. The molecule has 1 aromatic carbocycles. The second kappa shape index (κ2) is 6.29. The summed E-state index contributed by atoms with van der Waals surface area (Å²) in [6, 6.07) is 1.86. The average Bonchev–Trinajstić information content (AvgIpc) is 2.92. The van der Waals surface area contributed by atoms with Crippen LogP contribution < -0.4 is 4.72 Å². The van der Waals surface area contributed by atoms with Gasteiger partial charge < -0.3 is 0 Å². The second-order valence-electron chi connectivity index (χ2n) is 4.91. The summed E-state index contributed by atoms with van der Waals surface area (Å²) < 4.78 is 40.4. The number of hydrogen-bond donors (Lipinski definition) is 1.